The highest BCUT2D eigenvalue weighted by Crippen LogP contribution is 2.16. The van der Waals surface area contributed by atoms with Gasteiger partial charge in [-0.25, -0.2) is 5.43 Å². The third-order valence-corrected chi connectivity index (χ3v) is 2.84. The fourth-order valence-corrected chi connectivity index (χ4v) is 1.84. The van der Waals surface area contributed by atoms with E-state index >= 15 is 0 Å². The van der Waals surface area contributed by atoms with Gasteiger partial charge in [0.1, 0.15) is 0 Å². The van der Waals surface area contributed by atoms with Gasteiger partial charge in [0.05, 0.1) is 11.9 Å². The molecule has 0 unspecified atom stereocenters. The molecule has 1 heterocycles. The summed E-state index contributed by atoms with van der Waals surface area (Å²) in [4.78, 5) is 12.8. The topological polar surface area (TPSA) is 49.6 Å². The third-order valence-electron chi connectivity index (χ3n) is 2.84. The van der Waals surface area contributed by atoms with Crippen LogP contribution in [0.5, 0.6) is 0 Å². The molecule has 0 atom stereocenters. The Balaban J connectivity index is 2.23. The van der Waals surface area contributed by atoms with E-state index in [4.69, 9.17) is 0 Å². The summed E-state index contributed by atoms with van der Waals surface area (Å²) < 4.78 is 2.00. The lowest BCUT2D eigenvalue weighted by atomic mass is 10.2. The smallest absolute Gasteiger partial charge is 0.236 e. The maximum Gasteiger partial charge on any atom is 0.236 e. The second kappa shape index (κ2) is 6.06. The molecule has 2 aromatic rings. The van der Waals surface area contributed by atoms with Crippen molar-refractivity contribution in [2.24, 2.45) is 5.10 Å². The first-order chi connectivity index (χ1) is 9.58. The molecule has 1 amide bonds. The number of anilines is 1. The van der Waals surface area contributed by atoms with E-state index in [1.54, 1.807) is 6.21 Å². The number of hydrogen-bond donors (Lipinski definition) is 1. The van der Waals surface area contributed by atoms with Gasteiger partial charge in [0.2, 0.25) is 5.91 Å². The highest BCUT2D eigenvalue weighted by molar-refractivity contribution is 5.81. The van der Waals surface area contributed by atoms with E-state index in [1.165, 1.54) is 6.92 Å². The number of carbonyl (C=O) groups excluding carboxylic acids is 1. The van der Waals surface area contributed by atoms with E-state index < -0.39 is 0 Å². The summed E-state index contributed by atoms with van der Waals surface area (Å²) in [5.41, 5.74) is 5.49. The van der Waals surface area contributed by atoms with E-state index in [2.05, 4.69) is 27.6 Å². The van der Waals surface area contributed by atoms with Crippen LogP contribution >= 0.6 is 0 Å². The summed E-state index contributed by atoms with van der Waals surface area (Å²) in [6.45, 7) is 1.43. The van der Waals surface area contributed by atoms with Crippen molar-refractivity contribution < 1.29 is 4.79 Å². The molecule has 0 aliphatic rings. The molecule has 0 spiro atoms. The zero-order valence-electron chi connectivity index (χ0n) is 11.9. The Morgan fingerprint density at radius 2 is 1.95 bits per heavy atom. The quantitative estimate of drug-likeness (QED) is 0.682. The summed E-state index contributed by atoms with van der Waals surface area (Å²) in [7, 11) is 4.02. The van der Waals surface area contributed by atoms with Crippen molar-refractivity contribution in [1.29, 1.82) is 0 Å². The van der Waals surface area contributed by atoms with Crippen molar-refractivity contribution in [3.63, 3.8) is 0 Å². The molecule has 5 nitrogen and oxygen atoms in total. The zero-order valence-corrected chi connectivity index (χ0v) is 11.9. The van der Waals surface area contributed by atoms with Gasteiger partial charge in [-0.15, -0.1) is 0 Å². The molecule has 0 saturated carbocycles. The summed E-state index contributed by atoms with van der Waals surface area (Å²) in [6.07, 6.45) is 3.58. The summed E-state index contributed by atoms with van der Waals surface area (Å²) in [5.74, 6) is -0.185. The molecule has 1 N–H and O–H groups in total. The van der Waals surface area contributed by atoms with Gasteiger partial charge >= 0.3 is 0 Å². The van der Waals surface area contributed by atoms with E-state index in [1.807, 2.05) is 49.1 Å². The standard InChI is InChI=1S/C15H18N4O/c1-12(20)17-16-11-15-5-4-10-19(15)14-8-6-13(7-9-14)18(2)3/h4-11H,1-3H3,(H,17,20). The van der Waals surface area contributed by atoms with E-state index in [0.717, 1.165) is 17.1 Å². The molecule has 0 saturated heterocycles. The maximum atomic E-state index is 10.8. The van der Waals surface area contributed by atoms with E-state index in [-0.39, 0.29) is 5.91 Å². The van der Waals surface area contributed by atoms with Crippen molar-refractivity contribution in [2.75, 3.05) is 19.0 Å². The minimum absolute atomic E-state index is 0.185. The summed E-state index contributed by atoms with van der Waals surface area (Å²) in [6, 6.07) is 12.1. The molecule has 20 heavy (non-hydrogen) atoms. The van der Waals surface area contributed by atoms with E-state index in [9.17, 15) is 4.79 Å². The second-order valence-electron chi connectivity index (χ2n) is 4.64. The molecule has 0 aliphatic carbocycles. The zero-order chi connectivity index (χ0) is 14.5. The monoisotopic (exact) mass is 270 g/mol. The number of benzene rings is 1. The number of aromatic nitrogens is 1. The average molecular weight is 270 g/mol. The largest absolute Gasteiger partial charge is 0.378 e. The lowest BCUT2D eigenvalue weighted by Gasteiger charge is -2.13. The normalized spacial score (nSPS) is 10.8. The van der Waals surface area contributed by atoms with Crippen LogP contribution < -0.4 is 10.3 Å². The lowest BCUT2D eigenvalue weighted by Crippen LogP contribution is -2.12. The molecule has 2 rings (SSSR count). The molecule has 0 aliphatic heterocycles. The molecule has 104 valence electrons. The highest BCUT2D eigenvalue weighted by atomic mass is 16.2. The number of hydrazone groups is 1. The summed E-state index contributed by atoms with van der Waals surface area (Å²) >= 11 is 0. The number of nitrogens with one attached hydrogen (secondary N) is 1. The van der Waals surface area contributed by atoms with Crippen molar-refractivity contribution in [3.05, 3.63) is 48.3 Å². The number of nitrogens with zero attached hydrogens (tertiary/aromatic N) is 3. The van der Waals surface area contributed by atoms with Crippen molar-refractivity contribution in [2.45, 2.75) is 6.92 Å². The predicted molar refractivity (Wildman–Crippen MR) is 81.5 cm³/mol. The van der Waals surface area contributed by atoms with Crippen LogP contribution in [0.25, 0.3) is 5.69 Å². The van der Waals surface area contributed by atoms with Gasteiger partial charge in [0.15, 0.2) is 0 Å². The van der Waals surface area contributed by atoms with Crippen LogP contribution in [0.1, 0.15) is 12.6 Å². The summed E-state index contributed by atoms with van der Waals surface area (Å²) in [5, 5.41) is 3.89. The fourth-order valence-electron chi connectivity index (χ4n) is 1.84. The maximum absolute atomic E-state index is 10.8. The van der Waals surface area contributed by atoms with Gasteiger partial charge in [-0.3, -0.25) is 4.79 Å². The van der Waals surface area contributed by atoms with Crippen LogP contribution in [0.2, 0.25) is 0 Å². The molecular weight excluding hydrogens is 252 g/mol. The molecule has 0 radical (unpaired) electrons. The highest BCUT2D eigenvalue weighted by Gasteiger charge is 2.02. The Morgan fingerprint density at radius 3 is 2.55 bits per heavy atom. The van der Waals surface area contributed by atoms with E-state index in [0.29, 0.717) is 0 Å². The van der Waals surface area contributed by atoms with Gasteiger partial charge in [-0.05, 0) is 36.4 Å². The van der Waals surface area contributed by atoms with Crippen molar-refractivity contribution in [3.8, 4) is 5.69 Å². The Morgan fingerprint density at radius 1 is 1.25 bits per heavy atom. The lowest BCUT2D eigenvalue weighted by molar-refractivity contribution is -0.118. The third kappa shape index (κ3) is 3.26. The fraction of sp³-hybridized carbons (Fsp3) is 0.200. The van der Waals surface area contributed by atoms with Crippen LogP contribution in [-0.4, -0.2) is 30.8 Å². The van der Waals surface area contributed by atoms with Crippen LogP contribution in [-0.2, 0) is 4.79 Å². The first kappa shape index (κ1) is 13.9. The van der Waals surface area contributed by atoms with Crippen LogP contribution in [0, 0.1) is 0 Å². The number of carbonyl (C=O) groups is 1. The molecule has 0 bridgehead atoms. The number of hydrogen-bond acceptors (Lipinski definition) is 3. The number of amides is 1. The predicted octanol–water partition coefficient (Wildman–Crippen LogP) is 2.01. The molecule has 1 aromatic heterocycles. The van der Waals surface area contributed by atoms with Crippen LogP contribution in [0.15, 0.2) is 47.7 Å². The minimum atomic E-state index is -0.185. The number of rotatable bonds is 4. The van der Waals surface area contributed by atoms with Gasteiger partial charge in [-0.2, -0.15) is 5.10 Å². The first-order valence-electron chi connectivity index (χ1n) is 6.32. The van der Waals surface area contributed by atoms with Crippen LogP contribution in [0.4, 0.5) is 5.69 Å². The molecular formula is C15H18N4O. The first-order valence-corrected chi connectivity index (χ1v) is 6.32. The molecule has 0 fully saturated rings. The van der Waals surface area contributed by atoms with Gasteiger partial charge in [-0.1, -0.05) is 0 Å². The molecule has 1 aromatic carbocycles. The van der Waals surface area contributed by atoms with Gasteiger partial charge < -0.3 is 9.47 Å². The Labute approximate surface area is 118 Å². The SMILES string of the molecule is CC(=O)NN=Cc1cccn1-c1ccc(N(C)C)cc1. The van der Waals surface area contributed by atoms with Gasteiger partial charge in [0, 0.05) is 38.6 Å². The van der Waals surface area contributed by atoms with Crippen LogP contribution in [0.3, 0.4) is 0 Å². The second-order valence-corrected chi connectivity index (χ2v) is 4.64. The van der Waals surface area contributed by atoms with Crippen molar-refractivity contribution >= 4 is 17.8 Å². The Kier molecular flexibility index (Phi) is 4.20. The van der Waals surface area contributed by atoms with Crippen molar-refractivity contribution in [1.82, 2.24) is 9.99 Å². The Bertz CT molecular complexity index is 611. The Hall–Kier alpha value is -2.56. The van der Waals surface area contributed by atoms with Gasteiger partial charge in [0.25, 0.3) is 0 Å². The molecule has 5 heteroatoms. The average Bonchev–Trinajstić information content (AvgIpc) is 2.87. The minimum Gasteiger partial charge on any atom is -0.378 e.